The number of carbonyl (C=O) groups excluding carboxylic acids is 3. The summed E-state index contributed by atoms with van der Waals surface area (Å²) in [5.74, 6) is 0.0987. The monoisotopic (exact) mass is 475 g/mol. The molecule has 2 amide bonds. The maximum atomic E-state index is 13.0. The third kappa shape index (κ3) is 5.78. The Balaban J connectivity index is 1.40. The van der Waals surface area contributed by atoms with Gasteiger partial charge in [0.2, 0.25) is 5.91 Å². The van der Waals surface area contributed by atoms with Crippen LogP contribution >= 0.6 is 11.3 Å². The first-order chi connectivity index (χ1) is 16.4. The van der Waals surface area contributed by atoms with Crippen LogP contribution in [0, 0.1) is 6.92 Å². The first-order valence-corrected chi connectivity index (χ1v) is 12.5. The van der Waals surface area contributed by atoms with Gasteiger partial charge in [0.1, 0.15) is 11.5 Å². The van der Waals surface area contributed by atoms with E-state index >= 15 is 0 Å². The third-order valence-corrected chi connectivity index (χ3v) is 7.16. The highest BCUT2D eigenvalue weighted by Gasteiger charge is 2.26. The Morgan fingerprint density at radius 2 is 1.79 bits per heavy atom. The van der Waals surface area contributed by atoms with E-state index < -0.39 is 0 Å². The molecule has 3 aromatic rings. The Kier molecular flexibility index (Phi) is 7.53. The van der Waals surface area contributed by atoms with Gasteiger partial charge in [0.05, 0.1) is 5.01 Å². The molecule has 4 rings (SSSR count). The van der Waals surface area contributed by atoms with Gasteiger partial charge in [0.15, 0.2) is 0 Å². The molecule has 176 valence electrons. The predicted molar refractivity (Wildman–Crippen MR) is 135 cm³/mol. The number of benzene rings is 2. The fourth-order valence-electron chi connectivity index (χ4n) is 4.21. The van der Waals surface area contributed by atoms with Crippen LogP contribution < -0.4 is 5.32 Å². The van der Waals surface area contributed by atoms with Crippen LogP contribution in [-0.2, 0) is 9.59 Å². The number of piperidine rings is 1. The van der Waals surface area contributed by atoms with Crippen LogP contribution in [0.4, 0.5) is 5.69 Å². The van der Waals surface area contributed by atoms with Gasteiger partial charge in [-0.1, -0.05) is 42.0 Å². The number of ketones is 1. The van der Waals surface area contributed by atoms with Crippen molar-refractivity contribution in [2.24, 2.45) is 0 Å². The minimum Gasteiger partial charge on any atom is -0.343 e. The van der Waals surface area contributed by atoms with Crippen LogP contribution in [0.25, 0.3) is 11.1 Å². The van der Waals surface area contributed by atoms with Gasteiger partial charge in [0, 0.05) is 48.5 Å². The number of hydrogen-bond acceptors (Lipinski definition) is 5. The van der Waals surface area contributed by atoms with Crippen LogP contribution in [0.5, 0.6) is 0 Å². The fraction of sp³-hybridized carbons (Fsp3) is 0.333. The van der Waals surface area contributed by atoms with Gasteiger partial charge in [-0.25, -0.2) is 4.98 Å². The van der Waals surface area contributed by atoms with E-state index in [9.17, 15) is 14.4 Å². The molecule has 0 bridgehead atoms. The number of amides is 2. The predicted octanol–water partition coefficient (Wildman–Crippen LogP) is 5.45. The van der Waals surface area contributed by atoms with Gasteiger partial charge in [-0.05, 0) is 44.4 Å². The topological polar surface area (TPSA) is 79.4 Å². The molecule has 0 radical (unpaired) electrons. The SMILES string of the molecule is CC(=O)CCC(=O)N1CCC(c2nc(C(=O)Nc3ccc(C)cc3-c3ccccc3)cs2)CC1. The molecule has 2 heterocycles. The van der Waals surface area contributed by atoms with Gasteiger partial charge >= 0.3 is 0 Å². The van der Waals surface area contributed by atoms with E-state index in [0.29, 0.717) is 25.2 Å². The summed E-state index contributed by atoms with van der Waals surface area (Å²) in [5.41, 5.74) is 4.32. The highest BCUT2D eigenvalue weighted by atomic mass is 32.1. The minimum absolute atomic E-state index is 0.0401. The van der Waals surface area contributed by atoms with Gasteiger partial charge in [0.25, 0.3) is 5.91 Å². The molecular formula is C27H29N3O3S. The summed E-state index contributed by atoms with van der Waals surface area (Å²) >= 11 is 1.50. The third-order valence-electron chi connectivity index (χ3n) is 6.15. The van der Waals surface area contributed by atoms with Crippen molar-refractivity contribution in [1.82, 2.24) is 9.88 Å². The Bertz CT molecular complexity index is 1180. The van der Waals surface area contributed by atoms with Crippen molar-refractivity contribution < 1.29 is 14.4 Å². The Morgan fingerprint density at radius 3 is 2.50 bits per heavy atom. The van der Waals surface area contributed by atoms with Crippen molar-refractivity contribution in [3.63, 3.8) is 0 Å². The van der Waals surface area contributed by atoms with Crippen molar-refractivity contribution in [3.8, 4) is 11.1 Å². The Hall–Kier alpha value is -3.32. The second kappa shape index (κ2) is 10.7. The number of carbonyl (C=O) groups is 3. The van der Waals surface area contributed by atoms with E-state index in [4.69, 9.17) is 0 Å². The largest absolute Gasteiger partial charge is 0.343 e. The van der Waals surface area contributed by atoms with Crippen LogP contribution in [0.3, 0.4) is 0 Å². The van der Waals surface area contributed by atoms with Gasteiger partial charge in [-0.2, -0.15) is 0 Å². The lowest BCUT2D eigenvalue weighted by Gasteiger charge is -2.31. The van der Waals surface area contributed by atoms with Crippen molar-refractivity contribution in [2.45, 2.75) is 45.4 Å². The minimum atomic E-state index is -0.222. The second-order valence-corrected chi connectivity index (χ2v) is 9.69. The first-order valence-electron chi connectivity index (χ1n) is 11.6. The van der Waals surface area contributed by atoms with E-state index in [0.717, 1.165) is 40.2 Å². The lowest BCUT2D eigenvalue weighted by atomic mass is 9.97. The van der Waals surface area contributed by atoms with Crippen molar-refractivity contribution in [2.75, 3.05) is 18.4 Å². The van der Waals surface area contributed by atoms with Gasteiger partial charge in [-0.15, -0.1) is 11.3 Å². The first kappa shape index (κ1) is 23.8. The smallest absolute Gasteiger partial charge is 0.275 e. The molecule has 1 N–H and O–H groups in total. The number of thiazole rings is 1. The molecule has 34 heavy (non-hydrogen) atoms. The van der Waals surface area contributed by atoms with Crippen molar-refractivity contribution in [1.29, 1.82) is 0 Å². The number of Topliss-reactive ketones (excluding diaryl/α,β-unsaturated/α-hetero) is 1. The van der Waals surface area contributed by atoms with E-state index in [1.54, 1.807) is 0 Å². The molecule has 0 aliphatic carbocycles. The summed E-state index contributed by atoms with van der Waals surface area (Å²) in [7, 11) is 0. The fourth-order valence-corrected chi connectivity index (χ4v) is 5.18. The van der Waals surface area contributed by atoms with Crippen LogP contribution in [0.1, 0.15) is 59.6 Å². The second-order valence-electron chi connectivity index (χ2n) is 8.80. The maximum absolute atomic E-state index is 13.0. The van der Waals surface area contributed by atoms with Gasteiger partial charge < -0.3 is 15.0 Å². The molecule has 0 spiro atoms. The zero-order valence-electron chi connectivity index (χ0n) is 19.5. The summed E-state index contributed by atoms with van der Waals surface area (Å²) < 4.78 is 0. The van der Waals surface area contributed by atoms with Crippen molar-refractivity contribution in [3.05, 3.63) is 70.2 Å². The van der Waals surface area contributed by atoms with Crippen LogP contribution in [0.15, 0.2) is 53.9 Å². The highest BCUT2D eigenvalue weighted by Crippen LogP contribution is 2.32. The van der Waals surface area contributed by atoms with E-state index in [1.165, 1.54) is 18.3 Å². The van der Waals surface area contributed by atoms with Crippen molar-refractivity contribution >= 4 is 34.6 Å². The number of nitrogens with zero attached hydrogens (tertiary/aromatic N) is 2. The number of hydrogen-bond donors (Lipinski definition) is 1. The molecule has 2 aromatic carbocycles. The number of likely N-dealkylation sites (tertiary alicyclic amines) is 1. The number of anilines is 1. The zero-order valence-corrected chi connectivity index (χ0v) is 20.4. The lowest BCUT2D eigenvalue weighted by molar-refractivity contribution is -0.133. The van der Waals surface area contributed by atoms with E-state index in [-0.39, 0.29) is 29.9 Å². The average molecular weight is 476 g/mol. The molecular weight excluding hydrogens is 446 g/mol. The highest BCUT2D eigenvalue weighted by molar-refractivity contribution is 7.10. The molecule has 1 aliphatic rings. The number of nitrogens with one attached hydrogen (secondary N) is 1. The van der Waals surface area contributed by atoms with Crippen LogP contribution in [-0.4, -0.2) is 40.6 Å². The maximum Gasteiger partial charge on any atom is 0.275 e. The Labute approximate surface area is 204 Å². The summed E-state index contributed by atoms with van der Waals surface area (Å²) in [6.45, 7) is 4.86. The molecule has 7 heteroatoms. The number of aromatic nitrogens is 1. The molecule has 1 aliphatic heterocycles. The van der Waals surface area contributed by atoms with E-state index in [1.807, 2.05) is 59.7 Å². The average Bonchev–Trinajstić information content (AvgIpc) is 3.35. The summed E-state index contributed by atoms with van der Waals surface area (Å²) in [5, 5.41) is 5.79. The molecule has 0 atom stereocenters. The van der Waals surface area contributed by atoms with Crippen LogP contribution in [0.2, 0.25) is 0 Å². The van der Waals surface area contributed by atoms with Gasteiger partial charge in [-0.3, -0.25) is 9.59 Å². The Morgan fingerprint density at radius 1 is 1.06 bits per heavy atom. The molecule has 1 aromatic heterocycles. The summed E-state index contributed by atoms with van der Waals surface area (Å²) in [6, 6.07) is 16.0. The van der Waals surface area contributed by atoms with E-state index in [2.05, 4.69) is 16.4 Å². The molecule has 1 saturated heterocycles. The molecule has 1 fully saturated rings. The number of aryl methyl sites for hydroxylation is 1. The normalized spacial score (nSPS) is 14.1. The summed E-state index contributed by atoms with van der Waals surface area (Å²) in [4.78, 5) is 42.9. The molecule has 6 nitrogen and oxygen atoms in total. The quantitative estimate of drug-likeness (QED) is 0.493. The standard InChI is InChI=1S/C27H29N3O3S/c1-18-8-10-23(22(16-18)20-6-4-3-5-7-20)28-26(33)24-17-34-27(29-24)21-12-14-30(15-13-21)25(32)11-9-19(2)31/h3-8,10,16-17,21H,9,11-15H2,1-2H3,(H,28,33). The lowest BCUT2D eigenvalue weighted by Crippen LogP contribution is -2.38. The summed E-state index contributed by atoms with van der Waals surface area (Å²) in [6.07, 6.45) is 2.22. The zero-order chi connectivity index (χ0) is 24.1. The molecule has 0 saturated carbocycles. The number of rotatable bonds is 7. The molecule has 0 unspecified atom stereocenters.